The van der Waals surface area contributed by atoms with Crippen LogP contribution in [0.4, 0.5) is 0 Å². The Hall–Kier alpha value is -1.11. The molecule has 25 heavy (non-hydrogen) atoms. The highest BCUT2D eigenvalue weighted by molar-refractivity contribution is 7.99. The number of benzene rings is 1. The Bertz CT molecular complexity index is 539. The van der Waals surface area contributed by atoms with E-state index in [9.17, 15) is 4.79 Å². The summed E-state index contributed by atoms with van der Waals surface area (Å²) in [5.74, 6) is 2.48. The van der Waals surface area contributed by atoms with Gasteiger partial charge in [-0.1, -0.05) is 6.92 Å². The summed E-state index contributed by atoms with van der Waals surface area (Å²) < 4.78 is 10.6. The van der Waals surface area contributed by atoms with Gasteiger partial charge in [0.1, 0.15) is 0 Å². The van der Waals surface area contributed by atoms with Gasteiger partial charge in [0.2, 0.25) is 5.91 Å². The van der Waals surface area contributed by atoms with Gasteiger partial charge in [-0.15, -0.1) is 24.2 Å². The van der Waals surface area contributed by atoms with Crippen LogP contribution >= 0.6 is 24.2 Å². The fourth-order valence-corrected chi connectivity index (χ4v) is 3.83. The lowest BCUT2D eigenvalue weighted by Crippen LogP contribution is -2.42. The summed E-state index contributed by atoms with van der Waals surface area (Å²) in [4.78, 5) is 15.7. The molecule has 0 spiro atoms. The number of halogens is 1. The second-order valence-electron chi connectivity index (χ2n) is 5.85. The summed E-state index contributed by atoms with van der Waals surface area (Å²) in [5.41, 5.74) is 0. The van der Waals surface area contributed by atoms with Crippen molar-refractivity contribution in [1.82, 2.24) is 10.2 Å². The smallest absolute Gasteiger partial charge is 0.223 e. The second-order valence-corrected chi connectivity index (χ2v) is 7.02. The molecular weight excluding hydrogens is 360 g/mol. The standard InChI is InChI=1S/C18H28N2O3S.ClH/c1-4-10-20(14-7-9-19-13-14)18(21)8-11-24-15-5-6-16(22-2)17(12-15)23-3;/h5-6,12,14,19H,4,7-11,13H2,1-3H3;1H. The minimum atomic E-state index is 0. The molecule has 1 fully saturated rings. The van der Waals surface area contributed by atoms with Gasteiger partial charge in [0.05, 0.1) is 14.2 Å². The molecule has 0 aromatic heterocycles. The quantitative estimate of drug-likeness (QED) is 0.658. The van der Waals surface area contributed by atoms with Crippen molar-refractivity contribution < 1.29 is 14.3 Å². The third kappa shape index (κ3) is 6.28. The van der Waals surface area contributed by atoms with Crippen molar-refractivity contribution in [2.45, 2.75) is 37.1 Å². The Morgan fingerprint density at radius 2 is 2.08 bits per heavy atom. The van der Waals surface area contributed by atoms with Crippen LogP contribution in [-0.2, 0) is 4.79 Å². The van der Waals surface area contributed by atoms with Crippen molar-refractivity contribution in [3.8, 4) is 11.5 Å². The van der Waals surface area contributed by atoms with Crippen LogP contribution in [0, 0.1) is 0 Å². The molecule has 0 bridgehead atoms. The van der Waals surface area contributed by atoms with Crippen LogP contribution in [0.2, 0.25) is 0 Å². The molecule has 1 unspecified atom stereocenters. The van der Waals surface area contributed by atoms with Crippen molar-refractivity contribution in [2.24, 2.45) is 0 Å². The van der Waals surface area contributed by atoms with Crippen molar-refractivity contribution in [3.05, 3.63) is 18.2 Å². The lowest BCUT2D eigenvalue weighted by molar-refractivity contribution is -0.132. The zero-order valence-corrected chi connectivity index (χ0v) is 16.9. The predicted octanol–water partition coefficient (Wildman–Crippen LogP) is 3.21. The Kier molecular flexibility index (Phi) is 10.1. The van der Waals surface area contributed by atoms with E-state index >= 15 is 0 Å². The fraction of sp³-hybridized carbons (Fsp3) is 0.611. The molecule has 1 aromatic rings. The van der Waals surface area contributed by atoms with Gasteiger partial charge < -0.3 is 19.7 Å². The molecule has 0 saturated carbocycles. The second kappa shape index (κ2) is 11.5. The number of hydrogen-bond acceptors (Lipinski definition) is 5. The Morgan fingerprint density at radius 3 is 2.68 bits per heavy atom. The first-order valence-electron chi connectivity index (χ1n) is 8.54. The largest absolute Gasteiger partial charge is 0.493 e. The molecule has 1 N–H and O–H groups in total. The van der Waals surface area contributed by atoms with Crippen molar-refractivity contribution >= 4 is 30.1 Å². The minimum absolute atomic E-state index is 0. The predicted molar refractivity (Wildman–Crippen MR) is 105 cm³/mol. The summed E-state index contributed by atoms with van der Waals surface area (Å²) in [6.07, 6.45) is 2.63. The number of nitrogens with one attached hydrogen (secondary N) is 1. The average molecular weight is 389 g/mol. The molecule has 2 rings (SSSR count). The Labute approximate surface area is 161 Å². The first kappa shape index (κ1) is 21.9. The number of carbonyl (C=O) groups is 1. The monoisotopic (exact) mass is 388 g/mol. The molecule has 5 nitrogen and oxygen atoms in total. The third-order valence-electron chi connectivity index (χ3n) is 4.20. The molecule has 1 aliphatic heterocycles. The van der Waals surface area contributed by atoms with Gasteiger partial charge in [0, 0.05) is 36.2 Å². The Balaban J connectivity index is 0.00000312. The van der Waals surface area contributed by atoms with Crippen molar-refractivity contribution in [1.29, 1.82) is 0 Å². The van der Waals surface area contributed by atoms with Crippen LogP contribution in [0.5, 0.6) is 11.5 Å². The maximum Gasteiger partial charge on any atom is 0.223 e. The number of thioether (sulfide) groups is 1. The van der Waals surface area contributed by atoms with Gasteiger partial charge in [-0.25, -0.2) is 0 Å². The number of rotatable bonds is 9. The zero-order chi connectivity index (χ0) is 17.4. The SMILES string of the molecule is CCCN(C(=O)CCSc1ccc(OC)c(OC)c1)C1CCNC1.Cl. The minimum Gasteiger partial charge on any atom is -0.493 e. The van der Waals surface area contributed by atoms with Gasteiger partial charge in [-0.05, 0) is 37.6 Å². The van der Waals surface area contributed by atoms with Gasteiger partial charge in [-0.2, -0.15) is 0 Å². The highest BCUT2D eigenvalue weighted by atomic mass is 35.5. The van der Waals surface area contributed by atoms with Crippen LogP contribution in [0.15, 0.2) is 23.1 Å². The summed E-state index contributed by atoms with van der Waals surface area (Å²) in [7, 11) is 3.26. The van der Waals surface area contributed by atoms with E-state index in [-0.39, 0.29) is 18.3 Å². The maximum atomic E-state index is 12.6. The number of hydrogen-bond donors (Lipinski definition) is 1. The molecule has 1 heterocycles. The number of nitrogens with zero attached hydrogens (tertiary/aromatic N) is 1. The first-order valence-corrected chi connectivity index (χ1v) is 9.53. The molecule has 142 valence electrons. The van der Waals surface area contributed by atoms with Gasteiger partial charge >= 0.3 is 0 Å². The Morgan fingerprint density at radius 1 is 1.32 bits per heavy atom. The molecular formula is C18H29ClN2O3S. The normalized spacial score (nSPS) is 16.2. The fourth-order valence-electron chi connectivity index (χ4n) is 2.96. The van der Waals surface area contributed by atoms with E-state index < -0.39 is 0 Å². The summed E-state index contributed by atoms with van der Waals surface area (Å²) >= 11 is 1.68. The van der Waals surface area contributed by atoms with E-state index in [4.69, 9.17) is 9.47 Å². The van der Waals surface area contributed by atoms with Crippen LogP contribution in [0.3, 0.4) is 0 Å². The summed E-state index contributed by atoms with van der Waals surface area (Å²) in [6, 6.07) is 6.22. The van der Waals surface area contributed by atoms with Crippen LogP contribution < -0.4 is 14.8 Å². The van der Waals surface area contributed by atoms with Gasteiger partial charge in [0.15, 0.2) is 11.5 Å². The number of ether oxygens (including phenoxy) is 2. The lowest BCUT2D eigenvalue weighted by Gasteiger charge is -2.28. The third-order valence-corrected chi connectivity index (χ3v) is 5.20. The molecule has 7 heteroatoms. The van der Waals surface area contributed by atoms with E-state index in [1.165, 1.54) is 0 Å². The molecule has 1 amide bonds. The van der Waals surface area contributed by atoms with Crippen LogP contribution in [0.25, 0.3) is 0 Å². The number of carbonyl (C=O) groups excluding carboxylic acids is 1. The molecule has 1 atom stereocenters. The van der Waals surface area contributed by atoms with Gasteiger partial charge in [-0.3, -0.25) is 4.79 Å². The van der Waals surface area contributed by atoms with Crippen molar-refractivity contribution in [2.75, 3.05) is 39.6 Å². The van der Waals surface area contributed by atoms with E-state index in [0.29, 0.717) is 12.5 Å². The maximum absolute atomic E-state index is 12.6. The summed E-state index contributed by atoms with van der Waals surface area (Å²) in [5, 5.41) is 3.35. The van der Waals surface area contributed by atoms with E-state index in [2.05, 4.69) is 17.1 Å². The van der Waals surface area contributed by atoms with Crippen LogP contribution in [-0.4, -0.2) is 56.5 Å². The van der Waals surface area contributed by atoms with Crippen LogP contribution in [0.1, 0.15) is 26.2 Å². The molecule has 1 aliphatic rings. The number of amides is 1. The molecule has 1 aromatic carbocycles. The van der Waals surface area contributed by atoms with E-state index in [0.717, 1.165) is 54.6 Å². The first-order chi connectivity index (χ1) is 11.7. The summed E-state index contributed by atoms with van der Waals surface area (Å²) in [6.45, 7) is 4.92. The molecule has 0 radical (unpaired) electrons. The van der Waals surface area contributed by atoms with E-state index in [1.54, 1.807) is 26.0 Å². The topological polar surface area (TPSA) is 50.8 Å². The van der Waals surface area contributed by atoms with Gasteiger partial charge in [0.25, 0.3) is 0 Å². The molecule has 0 aliphatic carbocycles. The molecule has 1 saturated heterocycles. The number of methoxy groups -OCH3 is 2. The average Bonchev–Trinajstić information content (AvgIpc) is 3.13. The lowest BCUT2D eigenvalue weighted by atomic mass is 10.2. The zero-order valence-electron chi connectivity index (χ0n) is 15.2. The van der Waals surface area contributed by atoms with E-state index in [1.807, 2.05) is 18.2 Å². The highest BCUT2D eigenvalue weighted by Crippen LogP contribution is 2.32. The highest BCUT2D eigenvalue weighted by Gasteiger charge is 2.25. The van der Waals surface area contributed by atoms with Crippen molar-refractivity contribution in [3.63, 3.8) is 0 Å².